The van der Waals surface area contributed by atoms with Crippen molar-refractivity contribution in [2.24, 2.45) is 0 Å². The van der Waals surface area contributed by atoms with E-state index >= 15 is 0 Å². The number of para-hydroxylation sites is 1. The smallest absolute Gasteiger partial charge is 0.234 e. The molecule has 24 heavy (non-hydrogen) atoms. The zero-order chi connectivity index (χ0) is 17.4. The van der Waals surface area contributed by atoms with E-state index in [4.69, 9.17) is 4.74 Å². The third-order valence-electron chi connectivity index (χ3n) is 3.55. The van der Waals surface area contributed by atoms with E-state index in [1.165, 1.54) is 11.1 Å². The van der Waals surface area contributed by atoms with Gasteiger partial charge in [-0.05, 0) is 67.8 Å². The van der Waals surface area contributed by atoms with Crippen LogP contribution >= 0.6 is 11.8 Å². The highest BCUT2D eigenvalue weighted by atomic mass is 32.2. The molecule has 2 rings (SSSR count). The fourth-order valence-corrected chi connectivity index (χ4v) is 3.16. The molecule has 0 spiro atoms. The number of amides is 1. The number of anilines is 1. The molecule has 3 nitrogen and oxygen atoms in total. The van der Waals surface area contributed by atoms with Crippen molar-refractivity contribution in [3.63, 3.8) is 0 Å². The van der Waals surface area contributed by atoms with Gasteiger partial charge in [-0.15, -0.1) is 0 Å². The first-order chi connectivity index (χ1) is 11.5. The van der Waals surface area contributed by atoms with Crippen LogP contribution in [0.15, 0.2) is 42.5 Å². The summed E-state index contributed by atoms with van der Waals surface area (Å²) in [5, 5.41) is 2.95. The molecule has 0 aliphatic rings. The predicted molar refractivity (Wildman–Crippen MR) is 103 cm³/mol. The summed E-state index contributed by atoms with van der Waals surface area (Å²) in [6.07, 6.45) is 0.926. The number of hydrogen-bond acceptors (Lipinski definition) is 3. The maximum atomic E-state index is 11.9. The second-order valence-electron chi connectivity index (χ2n) is 5.94. The van der Waals surface area contributed by atoms with Gasteiger partial charge in [-0.3, -0.25) is 4.79 Å². The van der Waals surface area contributed by atoms with Gasteiger partial charge in [0.25, 0.3) is 0 Å². The molecule has 2 aromatic carbocycles. The van der Waals surface area contributed by atoms with Crippen molar-refractivity contribution in [1.82, 2.24) is 0 Å². The number of hydrogen-bond donors (Lipinski definition) is 1. The van der Waals surface area contributed by atoms with E-state index < -0.39 is 0 Å². The fourth-order valence-electron chi connectivity index (χ4n) is 2.43. The summed E-state index contributed by atoms with van der Waals surface area (Å²) < 4.78 is 5.77. The molecule has 1 amide bonds. The summed E-state index contributed by atoms with van der Waals surface area (Å²) in [7, 11) is 0. The second kappa shape index (κ2) is 9.38. The molecule has 0 aliphatic heterocycles. The van der Waals surface area contributed by atoms with Crippen molar-refractivity contribution < 1.29 is 9.53 Å². The number of thioether (sulfide) groups is 1. The molecular formula is C20H25NO2S. The number of ether oxygens (including phenoxy) is 1. The zero-order valence-corrected chi connectivity index (χ0v) is 15.4. The zero-order valence-electron chi connectivity index (χ0n) is 14.6. The first-order valence-electron chi connectivity index (χ1n) is 8.19. The summed E-state index contributed by atoms with van der Waals surface area (Å²) in [6, 6.07) is 14.1. The lowest BCUT2D eigenvalue weighted by Gasteiger charge is -2.09. The highest BCUT2D eigenvalue weighted by Crippen LogP contribution is 2.17. The van der Waals surface area contributed by atoms with E-state index in [1.54, 1.807) is 11.8 Å². The average molecular weight is 343 g/mol. The van der Waals surface area contributed by atoms with Crippen LogP contribution in [0.25, 0.3) is 0 Å². The Hall–Kier alpha value is -1.94. The molecule has 0 unspecified atom stereocenters. The maximum Gasteiger partial charge on any atom is 0.234 e. The minimum atomic E-state index is 0.0459. The van der Waals surface area contributed by atoms with Gasteiger partial charge in [-0.1, -0.05) is 24.3 Å². The largest absolute Gasteiger partial charge is 0.494 e. The first-order valence-corrected chi connectivity index (χ1v) is 9.34. The topological polar surface area (TPSA) is 38.3 Å². The molecule has 0 aliphatic carbocycles. The molecule has 128 valence electrons. The van der Waals surface area contributed by atoms with E-state index in [0.717, 1.165) is 29.2 Å². The Morgan fingerprint density at radius 2 is 1.79 bits per heavy atom. The number of carbonyl (C=O) groups excluding carboxylic acids is 1. The predicted octanol–water partition coefficient (Wildman–Crippen LogP) is 4.75. The third-order valence-corrected chi connectivity index (χ3v) is 4.59. The lowest BCUT2D eigenvalue weighted by molar-refractivity contribution is -0.113. The van der Waals surface area contributed by atoms with E-state index in [-0.39, 0.29) is 5.91 Å². The van der Waals surface area contributed by atoms with Crippen molar-refractivity contribution in [3.8, 4) is 5.75 Å². The molecule has 2 aromatic rings. The van der Waals surface area contributed by atoms with Gasteiger partial charge in [0, 0.05) is 5.69 Å². The Morgan fingerprint density at radius 1 is 1.08 bits per heavy atom. The lowest BCUT2D eigenvalue weighted by Crippen LogP contribution is -2.15. The molecule has 0 saturated heterocycles. The summed E-state index contributed by atoms with van der Waals surface area (Å²) in [5.74, 6) is 2.35. The van der Waals surface area contributed by atoms with Gasteiger partial charge in [-0.25, -0.2) is 0 Å². The van der Waals surface area contributed by atoms with Gasteiger partial charge < -0.3 is 10.1 Å². The van der Waals surface area contributed by atoms with Gasteiger partial charge in [0.05, 0.1) is 12.4 Å². The van der Waals surface area contributed by atoms with Crippen molar-refractivity contribution in [3.05, 3.63) is 59.2 Å². The standard InChI is InChI=1S/C20H25NO2S/c1-15-11-16(2)13-18(12-15)23-9-6-10-24-14-20(22)21-19-8-5-4-7-17(19)3/h4-5,7-8,11-13H,6,9-10,14H2,1-3H3,(H,21,22). The van der Waals surface area contributed by atoms with Gasteiger partial charge in [0.15, 0.2) is 0 Å². The van der Waals surface area contributed by atoms with Crippen LogP contribution in [0.5, 0.6) is 5.75 Å². The molecule has 0 heterocycles. The Morgan fingerprint density at radius 3 is 2.50 bits per heavy atom. The highest BCUT2D eigenvalue weighted by molar-refractivity contribution is 7.99. The Bertz CT molecular complexity index is 665. The summed E-state index contributed by atoms with van der Waals surface area (Å²) in [5.41, 5.74) is 4.40. The van der Waals surface area contributed by atoms with Gasteiger partial charge in [0.2, 0.25) is 5.91 Å². The quantitative estimate of drug-likeness (QED) is 0.703. The van der Waals surface area contributed by atoms with Crippen LogP contribution < -0.4 is 10.1 Å². The van der Waals surface area contributed by atoms with Crippen LogP contribution in [0, 0.1) is 20.8 Å². The van der Waals surface area contributed by atoms with E-state index in [0.29, 0.717) is 12.4 Å². The Kier molecular flexibility index (Phi) is 7.19. The third kappa shape index (κ3) is 6.28. The van der Waals surface area contributed by atoms with Crippen molar-refractivity contribution in [2.75, 3.05) is 23.4 Å². The minimum absolute atomic E-state index is 0.0459. The molecule has 0 saturated carbocycles. The Labute approximate surface area is 148 Å². The van der Waals surface area contributed by atoms with E-state index in [1.807, 2.05) is 31.2 Å². The Balaban J connectivity index is 1.61. The van der Waals surface area contributed by atoms with Gasteiger partial charge >= 0.3 is 0 Å². The average Bonchev–Trinajstić information content (AvgIpc) is 2.52. The second-order valence-corrected chi connectivity index (χ2v) is 7.05. The molecule has 0 fully saturated rings. The van der Waals surface area contributed by atoms with Crippen LogP contribution in [-0.2, 0) is 4.79 Å². The lowest BCUT2D eigenvalue weighted by atomic mass is 10.1. The van der Waals surface area contributed by atoms with Crippen molar-refractivity contribution in [1.29, 1.82) is 0 Å². The minimum Gasteiger partial charge on any atom is -0.494 e. The van der Waals surface area contributed by atoms with Crippen LogP contribution in [0.1, 0.15) is 23.1 Å². The molecule has 4 heteroatoms. The molecule has 0 radical (unpaired) electrons. The van der Waals surface area contributed by atoms with Crippen LogP contribution in [0.4, 0.5) is 5.69 Å². The van der Waals surface area contributed by atoms with Crippen molar-refractivity contribution in [2.45, 2.75) is 27.2 Å². The summed E-state index contributed by atoms with van der Waals surface area (Å²) >= 11 is 1.64. The van der Waals surface area contributed by atoms with Gasteiger partial charge in [0.1, 0.15) is 5.75 Å². The number of rotatable bonds is 8. The monoisotopic (exact) mass is 343 g/mol. The molecule has 0 aromatic heterocycles. The van der Waals surface area contributed by atoms with Crippen LogP contribution in [-0.4, -0.2) is 24.0 Å². The SMILES string of the molecule is Cc1cc(C)cc(OCCCSCC(=O)Nc2ccccc2C)c1. The summed E-state index contributed by atoms with van der Waals surface area (Å²) in [4.78, 5) is 11.9. The first kappa shape index (κ1) is 18.4. The molecule has 0 atom stereocenters. The van der Waals surface area contributed by atoms with Gasteiger partial charge in [-0.2, -0.15) is 11.8 Å². The highest BCUT2D eigenvalue weighted by Gasteiger charge is 2.04. The normalized spacial score (nSPS) is 10.5. The van der Waals surface area contributed by atoms with Crippen LogP contribution in [0.3, 0.4) is 0 Å². The van der Waals surface area contributed by atoms with E-state index in [9.17, 15) is 4.79 Å². The fraction of sp³-hybridized carbons (Fsp3) is 0.350. The number of benzene rings is 2. The number of carbonyl (C=O) groups is 1. The molecule has 0 bridgehead atoms. The maximum absolute atomic E-state index is 11.9. The van der Waals surface area contributed by atoms with E-state index in [2.05, 4.69) is 37.4 Å². The number of aryl methyl sites for hydroxylation is 3. The summed E-state index contributed by atoms with van der Waals surface area (Å²) in [6.45, 7) is 6.81. The molecule has 1 N–H and O–H groups in total. The van der Waals surface area contributed by atoms with Crippen LogP contribution in [0.2, 0.25) is 0 Å². The van der Waals surface area contributed by atoms with Crippen molar-refractivity contribution >= 4 is 23.4 Å². The number of nitrogens with one attached hydrogen (secondary N) is 1. The molecular weight excluding hydrogens is 318 g/mol.